The molecule has 1 rings (SSSR count). The first-order chi connectivity index (χ1) is 4.61. The molecule has 0 amide bonds. The third-order valence-corrected chi connectivity index (χ3v) is 4.60. The van der Waals surface area contributed by atoms with Crippen molar-refractivity contribution < 1.29 is 4.89 Å². The first kappa shape index (κ1) is 8.63. The van der Waals surface area contributed by atoms with Crippen LogP contribution in [0, 0.1) is 5.16 Å². The maximum Gasteiger partial charge on any atom is 0.134 e. The largest absolute Gasteiger partial charge is 0.352 e. The highest BCUT2D eigenvalue weighted by Gasteiger charge is 2.24. The molecule has 1 unspecified atom stereocenters. The van der Waals surface area contributed by atoms with Gasteiger partial charge in [0.1, 0.15) is 6.48 Å². The summed E-state index contributed by atoms with van der Waals surface area (Å²) in [4.78, 5) is 9.28. The van der Waals surface area contributed by atoms with E-state index in [2.05, 4.69) is 12.2 Å². The number of hydrogen-bond donors (Lipinski definition) is 3. The summed E-state index contributed by atoms with van der Waals surface area (Å²) in [5.74, 6) is 0. The van der Waals surface area contributed by atoms with Gasteiger partial charge in [0.15, 0.2) is 0 Å². The van der Waals surface area contributed by atoms with Gasteiger partial charge in [-0.1, -0.05) is 19.3 Å². The fourth-order valence-electron chi connectivity index (χ4n) is 1.44. The highest BCUT2D eigenvalue weighted by Crippen LogP contribution is 2.56. The van der Waals surface area contributed by atoms with Crippen LogP contribution in [-0.2, 0) is 0 Å². The van der Waals surface area contributed by atoms with E-state index in [4.69, 9.17) is 5.16 Å². The molecule has 2 nitrogen and oxygen atoms in total. The third kappa shape index (κ3) is 2.30. The van der Waals surface area contributed by atoms with Crippen LogP contribution in [0.15, 0.2) is 0 Å². The molecule has 0 heterocycles. The van der Waals surface area contributed by atoms with Gasteiger partial charge in [-0.25, -0.2) is 0 Å². The molecule has 0 saturated heterocycles. The summed E-state index contributed by atoms with van der Waals surface area (Å²) in [6, 6.07) is 0. The van der Waals surface area contributed by atoms with Crippen molar-refractivity contribution in [3.63, 3.8) is 0 Å². The Bertz CT molecular complexity index is 150. The number of rotatable bonds is 1. The second-order valence-electron chi connectivity index (χ2n) is 2.94. The quantitative estimate of drug-likeness (QED) is 0.420. The molecule has 1 atom stereocenters. The number of thiol groups is 1. The lowest BCUT2D eigenvalue weighted by Gasteiger charge is -2.25. The Balaban J connectivity index is 2.47. The van der Waals surface area contributed by atoms with E-state index in [0.29, 0.717) is 0 Å². The zero-order chi connectivity index (χ0) is 7.61. The summed E-state index contributed by atoms with van der Waals surface area (Å²) in [5.41, 5.74) is 0.199. The average Bonchev–Trinajstić information content (AvgIpc) is 1.88. The van der Waals surface area contributed by atoms with Gasteiger partial charge in [-0.15, -0.1) is 12.2 Å². The van der Waals surface area contributed by atoms with Gasteiger partial charge < -0.3 is 4.89 Å². The summed E-state index contributed by atoms with van der Waals surface area (Å²) in [6.07, 6.45) is 5.64. The maximum atomic E-state index is 9.28. The van der Waals surface area contributed by atoms with Crippen molar-refractivity contribution in [3.05, 3.63) is 0 Å². The van der Waals surface area contributed by atoms with E-state index in [-0.39, 0.29) is 5.66 Å². The van der Waals surface area contributed by atoms with Crippen LogP contribution in [0.2, 0.25) is 0 Å². The van der Waals surface area contributed by atoms with Gasteiger partial charge in [-0.05, 0) is 12.8 Å². The molecule has 1 fully saturated rings. The summed E-state index contributed by atoms with van der Waals surface area (Å²) < 4.78 is 0. The Morgan fingerprint density at radius 2 is 1.80 bits per heavy atom. The molecule has 0 aromatic rings. The van der Waals surface area contributed by atoms with Crippen LogP contribution in [0.1, 0.15) is 32.1 Å². The Morgan fingerprint density at radius 3 is 2.10 bits per heavy atom. The summed E-state index contributed by atoms with van der Waals surface area (Å²) in [5, 5.41) is 7.36. The molecule has 0 aromatic heterocycles. The predicted octanol–water partition coefficient (Wildman–Crippen LogP) is 2.85. The molecule has 0 bridgehead atoms. The first-order valence-corrected chi connectivity index (χ1v) is 6.66. The van der Waals surface area contributed by atoms with Crippen LogP contribution in [0.25, 0.3) is 0 Å². The molecule has 0 spiro atoms. The van der Waals surface area contributed by atoms with Gasteiger partial charge in [0, 0.05) is 5.66 Å². The molecule has 60 valence electrons. The van der Waals surface area contributed by atoms with Crippen molar-refractivity contribution in [2.45, 2.75) is 37.8 Å². The van der Waals surface area contributed by atoms with Crippen LogP contribution < -0.4 is 0 Å². The van der Waals surface area contributed by atoms with Crippen LogP contribution in [-0.4, -0.2) is 10.6 Å². The molecule has 0 aliphatic heterocycles. The molecule has 0 aromatic carbocycles. The predicted molar refractivity (Wildman–Crippen MR) is 47.7 cm³/mol. The minimum atomic E-state index is -2.55. The van der Waals surface area contributed by atoms with Gasteiger partial charge in [-0.3, -0.25) is 5.16 Å². The molecule has 0 radical (unpaired) electrons. The lowest BCUT2D eigenvalue weighted by atomic mass is 10.0. The number of hydrogen-bond acceptors (Lipinski definition) is 1. The molecular formula is C6H14NOPS. The van der Waals surface area contributed by atoms with Gasteiger partial charge in [0.2, 0.25) is 0 Å². The highest BCUT2D eigenvalue weighted by atomic mass is 32.7. The van der Waals surface area contributed by atoms with E-state index in [0.717, 1.165) is 12.8 Å². The van der Waals surface area contributed by atoms with Gasteiger partial charge in [0.25, 0.3) is 0 Å². The molecular weight excluding hydrogens is 165 g/mol. The zero-order valence-electron chi connectivity index (χ0n) is 5.95. The zero-order valence-corrected chi connectivity index (χ0v) is 7.74. The van der Waals surface area contributed by atoms with E-state index in [9.17, 15) is 4.89 Å². The van der Waals surface area contributed by atoms with E-state index in [1.807, 2.05) is 0 Å². The molecule has 1 saturated carbocycles. The third-order valence-electron chi connectivity index (χ3n) is 2.08. The molecule has 4 heteroatoms. The Labute approximate surface area is 67.1 Å². The number of nitrogens with one attached hydrogen (secondary N) is 1. The van der Waals surface area contributed by atoms with Crippen LogP contribution in [0.4, 0.5) is 0 Å². The smallest absolute Gasteiger partial charge is 0.134 e. The lowest BCUT2D eigenvalue weighted by Crippen LogP contribution is -2.09. The summed E-state index contributed by atoms with van der Waals surface area (Å²) in [7, 11) is 0. The van der Waals surface area contributed by atoms with E-state index in [1.54, 1.807) is 0 Å². The lowest BCUT2D eigenvalue weighted by molar-refractivity contribution is 0.485. The normalized spacial score (nSPS) is 27.8. The van der Waals surface area contributed by atoms with Gasteiger partial charge in [-0.2, -0.15) is 0 Å². The van der Waals surface area contributed by atoms with Gasteiger partial charge in [0.05, 0.1) is 0 Å². The van der Waals surface area contributed by atoms with Crippen LogP contribution in [0.5, 0.6) is 0 Å². The average molecular weight is 179 g/mol. The van der Waals surface area contributed by atoms with Crippen molar-refractivity contribution in [3.8, 4) is 0 Å². The minimum Gasteiger partial charge on any atom is -0.352 e. The van der Waals surface area contributed by atoms with E-state index < -0.39 is 6.48 Å². The fourth-order valence-corrected chi connectivity index (χ4v) is 3.22. The molecule has 2 N–H and O–H groups in total. The summed E-state index contributed by atoms with van der Waals surface area (Å²) in [6.45, 7) is -2.55. The second-order valence-corrected chi connectivity index (χ2v) is 6.80. The molecule has 10 heavy (non-hydrogen) atoms. The van der Waals surface area contributed by atoms with Crippen molar-refractivity contribution in [1.29, 1.82) is 5.16 Å². The monoisotopic (exact) mass is 179 g/mol. The van der Waals surface area contributed by atoms with Crippen molar-refractivity contribution in [1.82, 2.24) is 0 Å². The van der Waals surface area contributed by atoms with Gasteiger partial charge >= 0.3 is 0 Å². The summed E-state index contributed by atoms with van der Waals surface area (Å²) >= 11 is 3.93. The fraction of sp³-hybridized carbons (Fsp3) is 1.00. The van der Waals surface area contributed by atoms with Crippen molar-refractivity contribution >= 4 is 18.7 Å². The molecule has 1 aliphatic carbocycles. The van der Waals surface area contributed by atoms with Crippen molar-refractivity contribution in [2.24, 2.45) is 0 Å². The minimum absolute atomic E-state index is 0.199. The Morgan fingerprint density at radius 1 is 1.30 bits per heavy atom. The SMILES string of the molecule is N=P(O)(S)C1CCCCC1. The second kappa shape index (κ2) is 3.29. The van der Waals surface area contributed by atoms with Crippen LogP contribution >= 0.6 is 18.7 Å². The van der Waals surface area contributed by atoms with E-state index >= 15 is 0 Å². The van der Waals surface area contributed by atoms with Crippen molar-refractivity contribution in [2.75, 3.05) is 0 Å². The van der Waals surface area contributed by atoms with E-state index in [1.165, 1.54) is 19.3 Å². The molecule has 1 aliphatic rings. The van der Waals surface area contributed by atoms with Crippen LogP contribution in [0.3, 0.4) is 0 Å². The first-order valence-electron chi connectivity index (χ1n) is 3.70. The Kier molecular flexibility index (Phi) is 2.84. The Hall–Kier alpha value is 0.540. The highest BCUT2D eigenvalue weighted by molar-refractivity contribution is 8.46. The standard InChI is InChI=1S/C6H14NOPS/c7-9(8,10)6-4-2-1-3-5-6/h6H,1-5H2,(H3,7,8,10). The topological polar surface area (TPSA) is 44.1 Å². The maximum absolute atomic E-state index is 9.28.